The summed E-state index contributed by atoms with van der Waals surface area (Å²) >= 11 is 0. The molecule has 1 aromatic carbocycles. The molecule has 0 saturated carbocycles. The molecule has 0 aliphatic carbocycles. The van der Waals surface area contributed by atoms with Crippen molar-refractivity contribution in [2.45, 2.75) is 24.7 Å². The molecule has 6 nitrogen and oxygen atoms in total. The van der Waals surface area contributed by atoms with Crippen molar-refractivity contribution in [1.29, 1.82) is 0 Å². The van der Waals surface area contributed by atoms with E-state index >= 15 is 0 Å². The molecule has 2 atom stereocenters. The first-order chi connectivity index (χ1) is 11.3. The fourth-order valence-electron chi connectivity index (χ4n) is 2.79. The number of alkyl halides is 3. The van der Waals surface area contributed by atoms with Crippen molar-refractivity contribution in [3.63, 3.8) is 0 Å². The third-order valence-electron chi connectivity index (χ3n) is 3.95. The monoisotopic (exact) mass is 340 g/mol. The first-order valence-electron chi connectivity index (χ1n) is 7.07. The van der Waals surface area contributed by atoms with E-state index in [9.17, 15) is 23.1 Å². The number of hydrogen-bond acceptors (Lipinski definition) is 5. The Bertz CT molecular complexity index is 773. The minimum atomic E-state index is -4.57. The van der Waals surface area contributed by atoms with Gasteiger partial charge in [-0.1, -0.05) is 12.1 Å². The zero-order valence-corrected chi connectivity index (χ0v) is 12.5. The number of carbonyl (C=O) groups excluding carboxylic acids is 1. The van der Waals surface area contributed by atoms with Crippen LogP contribution in [-0.4, -0.2) is 29.0 Å². The summed E-state index contributed by atoms with van der Waals surface area (Å²) in [5.74, 6) is -1.30. The molecule has 3 rings (SSSR count). The summed E-state index contributed by atoms with van der Waals surface area (Å²) in [5, 5.41) is 17.5. The van der Waals surface area contributed by atoms with E-state index in [-0.39, 0.29) is 12.2 Å². The summed E-state index contributed by atoms with van der Waals surface area (Å²) in [6, 6.07) is 3.91. The predicted molar refractivity (Wildman–Crippen MR) is 75.6 cm³/mol. The molecular formula is C15H13F3N3O3-. The van der Waals surface area contributed by atoms with Gasteiger partial charge in [-0.15, -0.1) is 0 Å². The lowest BCUT2D eigenvalue weighted by molar-refractivity contribution is -0.255. The van der Waals surface area contributed by atoms with Crippen LogP contribution in [0, 0.1) is 0 Å². The number of carbonyl (C=O) groups is 1. The van der Waals surface area contributed by atoms with Crippen LogP contribution in [0.3, 0.4) is 0 Å². The van der Waals surface area contributed by atoms with E-state index in [4.69, 9.17) is 4.74 Å². The molecule has 128 valence electrons. The molecule has 0 radical (unpaired) electrons. The summed E-state index contributed by atoms with van der Waals surface area (Å²) < 4.78 is 45.9. The van der Waals surface area contributed by atoms with Crippen LogP contribution in [-0.2, 0) is 0 Å². The van der Waals surface area contributed by atoms with Crippen molar-refractivity contribution in [3.05, 3.63) is 41.6 Å². The largest absolute Gasteiger partial charge is 0.545 e. The third-order valence-corrected chi connectivity index (χ3v) is 3.95. The van der Waals surface area contributed by atoms with Gasteiger partial charge in [0.1, 0.15) is 11.6 Å². The van der Waals surface area contributed by atoms with Gasteiger partial charge in [0, 0.05) is 6.42 Å². The highest BCUT2D eigenvalue weighted by atomic mass is 19.4. The van der Waals surface area contributed by atoms with Gasteiger partial charge in [-0.3, -0.25) is 0 Å². The zero-order chi connectivity index (χ0) is 17.5. The van der Waals surface area contributed by atoms with E-state index < -0.39 is 29.8 Å². The molecule has 0 saturated heterocycles. The second-order valence-corrected chi connectivity index (χ2v) is 5.41. The molecule has 0 fully saturated rings. The molecule has 2 aromatic rings. The Morgan fingerprint density at radius 3 is 2.83 bits per heavy atom. The maximum absolute atomic E-state index is 13.4. The standard InChI is InChI=1S/C15H14F3N3O3/c1-24-9-4-2-3-8(5-9)11-6-12(15(16,17)18)21-13(20-11)10(7-19-21)14(22)23/h2-5,7,11-12,20H,6H2,1H3,(H,22,23)/p-1/t11-,12-/m0/s1. The van der Waals surface area contributed by atoms with Crippen molar-refractivity contribution in [3.8, 4) is 5.75 Å². The molecule has 0 unspecified atom stereocenters. The summed E-state index contributed by atoms with van der Waals surface area (Å²) in [6.07, 6.45) is -4.02. The lowest BCUT2D eigenvalue weighted by Gasteiger charge is -2.34. The van der Waals surface area contributed by atoms with Crippen molar-refractivity contribution < 1.29 is 27.8 Å². The fourth-order valence-corrected chi connectivity index (χ4v) is 2.79. The Morgan fingerprint density at radius 2 is 2.21 bits per heavy atom. The predicted octanol–water partition coefficient (Wildman–Crippen LogP) is 1.92. The lowest BCUT2D eigenvalue weighted by Crippen LogP contribution is -2.36. The first kappa shape index (κ1) is 16.2. The molecule has 1 aliphatic rings. The highest BCUT2D eigenvalue weighted by Gasteiger charge is 2.47. The number of anilines is 1. The summed E-state index contributed by atoms with van der Waals surface area (Å²) in [5.41, 5.74) is 0.150. The van der Waals surface area contributed by atoms with E-state index in [1.54, 1.807) is 24.3 Å². The van der Waals surface area contributed by atoms with Crippen LogP contribution in [0.5, 0.6) is 5.75 Å². The highest BCUT2D eigenvalue weighted by molar-refractivity contribution is 5.91. The third kappa shape index (κ3) is 2.77. The number of benzene rings is 1. The van der Waals surface area contributed by atoms with Crippen LogP contribution in [0.25, 0.3) is 0 Å². The molecule has 0 amide bonds. The molecule has 9 heteroatoms. The Hall–Kier alpha value is -2.71. The number of aromatic carboxylic acids is 1. The van der Waals surface area contributed by atoms with Gasteiger partial charge >= 0.3 is 6.18 Å². The molecule has 1 aromatic heterocycles. The molecule has 1 aliphatic heterocycles. The summed E-state index contributed by atoms with van der Waals surface area (Å²) in [6.45, 7) is 0. The first-order valence-corrected chi connectivity index (χ1v) is 7.07. The Balaban J connectivity index is 2.05. The Labute approximate surface area is 134 Å². The normalized spacial score (nSPS) is 20.2. The molecule has 24 heavy (non-hydrogen) atoms. The lowest BCUT2D eigenvalue weighted by atomic mass is 9.96. The van der Waals surface area contributed by atoms with Crippen LogP contribution in [0.1, 0.15) is 34.4 Å². The van der Waals surface area contributed by atoms with Crippen LogP contribution < -0.4 is 15.2 Å². The van der Waals surface area contributed by atoms with Crippen molar-refractivity contribution in [2.75, 3.05) is 12.4 Å². The number of carboxylic acids is 1. The average molecular weight is 340 g/mol. The zero-order valence-electron chi connectivity index (χ0n) is 12.5. The number of fused-ring (bicyclic) bond motifs is 1. The van der Waals surface area contributed by atoms with Gasteiger partial charge in [0.25, 0.3) is 0 Å². The van der Waals surface area contributed by atoms with Crippen LogP contribution in [0.2, 0.25) is 0 Å². The van der Waals surface area contributed by atoms with Gasteiger partial charge in [-0.25, -0.2) is 4.68 Å². The Morgan fingerprint density at radius 1 is 1.46 bits per heavy atom. The molecule has 0 spiro atoms. The van der Waals surface area contributed by atoms with E-state index in [0.29, 0.717) is 16.0 Å². The smallest absolute Gasteiger partial charge is 0.410 e. The van der Waals surface area contributed by atoms with Crippen LogP contribution in [0.4, 0.5) is 19.0 Å². The number of hydrogen-bond donors (Lipinski definition) is 1. The summed E-state index contributed by atoms with van der Waals surface area (Å²) in [7, 11) is 1.45. The number of ether oxygens (including phenoxy) is 1. The minimum Gasteiger partial charge on any atom is -0.545 e. The number of methoxy groups -OCH3 is 1. The number of aromatic nitrogens is 2. The minimum absolute atomic E-state index is 0.212. The maximum atomic E-state index is 13.4. The van der Waals surface area contributed by atoms with Gasteiger partial charge < -0.3 is 20.0 Å². The number of carboxylic acid groups (broad SMARTS) is 1. The van der Waals surface area contributed by atoms with E-state index in [1.807, 2.05) is 0 Å². The highest BCUT2D eigenvalue weighted by Crippen LogP contribution is 2.44. The molecule has 1 N–H and O–H groups in total. The number of rotatable bonds is 3. The van der Waals surface area contributed by atoms with Gasteiger partial charge in [-0.05, 0) is 17.7 Å². The molecule has 2 heterocycles. The SMILES string of the molecule is COc1cccc([C@@H]2C[C@@H](C(F)(F)F)n3ncc(C(=O)[O-])c3N2)c1. The second kappa shape index (κ2) is 5.73. The maximum Gasteiger partial charge on any atom is 0.410 e. The van der Waals surface area contributed by atoms with E-state index in [0.717, 1.165) is 6.20 Å². The number of halogens is 3. The van der Waals surface area contributed by atoms with Crippen molar-refractivity contribution in [1.82, 2.24) is 9.78 Å². The number of nitrogens with zero attached hydrogens (tertiary/aromatic N) is 2. The molecule has 0 bridgehead atoms. The van der Waals surface area contributed by atoms with Crippen molar-refractivity contribution >= 4 is 11.8 Å². The van der Waals surface area contributed by atoms with Gasteiger partial charge in [0.2, 0.25) is 0 Å². The van der Waals surface area contributed by atoms with Gasteiger partial charge in [0.05, 0.1) is 30.9 Å². The quantitative estimate of drug-likeness (QED) is 0.923. The number of nitrogens with one attached hydrogen (secondary N) is 1. The fraction of sp³-hybridized carbons (Fsp3) is 0.333. The van der Waals surface area contributed by atoms with E-state index in [1.165, 1.54) is 7.11 Å². The van der Waals surface area contributed by atoms with Gasteiger partial charge in [0.15, 0.2) is 6.04 Å². The second-order valence-electron chi connectivity index (χ2n) is 5.41. The Kier molecular flexibility index (Phi) is 3.86. The van der Waals surface area contributed by atoms with Gasteiger partial charge in [-0.2, -0.15) is 18.3 Å². The van der Waals surface area contributed by atoms with Crippen molar-refractivity contribution in [2.24, 2.45) is 0 Å². The van der Waals surface area contributed by atoms with Crippen LogP contribution in [0.15, 0.2) is 30.5 Å². The average Bonchev–Trinajstić information content (AvgIpc) is 2.97. The topological polar surface area (TPSA) is 79.2 Å². The van der Waals surface area contributed by atoms with Crippen LogP contribution >= 0.6 is 0 Å². The van der Waals surface area contributed by atoms with E-state index in [2.05, 4.69) is 10.4 Å². The molecular weight excluding hydrogens is 327 g/mol. The summed E-state index contributed by atoms with van der Waals surface area (Å²) in [4.78, 5) is 11.1.